The number of fused-ring (bicyclic) bond motifs is 4. The molecule has 5 atom stereocenters. The third kappa shape index (κ3) is 2.49. The summed E-state index contributed by atoms with van der Waals surface area (Å²) in [6.07, 6.45) is 3.09. The summed E-state index contributed by atoms with van der Waals surface area (Å²) < 4.78 is 12.2. The molecular formula is C30H19NO8. The number of epoxide rings is 1. The van der Waals surface area contributed by atoms with Crippen molar-refractivity contribution in [1.29, 1.82) is 0 Å². The first-order valence-electron chi connectivity index (χ1n) is 12.2. The number of phenolic OH excluding ortho intramolecular Hbond substituents is 2. The fraction of sp³-hybridized carbons (Fsp3) is 0.233. The highest BCUT2D eigenvalue weighted by molar-refractivity contribution is 6.32. The smallest absolute Gasteiger partial charge is 0.335 e. The number of phenols is 2. The van der Waals surface area contributed by atoms with Crippen molar-refractivity contribution in [3.63, 3.8) is 0 Å². The maximum absolute atomic E-state index is 13.9. The minimum absolute atomic E-state index is 0.00110. The van der Waals surface area contributed by atoms with Gasteiger partial charge in [0.05, 0.1) is 35.1 Å². The Morgan fingerprint density at radius 2 is 1.79 bits per heavy atom. The molecule has 0 aromatic heterocycles. The summed E-state index contributed by atoms with van der Waals surface area (Å²) in [5.41, 5.74) is -2.57. The van der Waals surface area contributed by atoms with Crippen LogP contribution >= 0.6 is 0 Å². The zero-order chi connectivity index (χ0) is 27.4. The van der Waals surface area contributed by atoms with Crippen molar-refractivity contribution in [2.45, 2.75) is 24.2 Å². The van der Waals surface area contributed by atoms with Crippen LogP contribution < -0.4 is 5.32 Å². The van der Waals surface area contributed by atoms with Crippen molar-refractivity contribution >= 4 is 23.2 Å². The molecule has 1 fully saturated rings. The Morgan fingerprint density at radius 1 is 1.05 bits per heavy atom. The molecule has 4 N–H and O–H groups in total. The molecule has 9 nitrogen and oxygen atoms in total. The molecule has 2 aliphatic heterocycles. The molecule has 0 unspecified atom stereocenters. The van der Waals surface area contributed by atoms with E-state index in [0.717, 1.165) is 0 Å². The molecule has 3 aliphatic carbocycles. The molecule has 39 heavy (non-hydrogen) atoms. The summed E-state index contributed by atoms with van der Waals surface area (Å²) in [5, 5.41) is 35.2. The molecule has 9 heteroatoms. The second-order valence-corrected chi connectivity index (χ2v) is 9.99. The van der Waals surface area contributed by atoms with Gasteiger partial charge >= 0.3 is 5.97 Å². The minimum atomic E-state index is -1.36. The molecule has 0 saturated carbocycles. The molecule has 2 heterocycles. The van der Waals surface area contributed by atoms with Crippen LogP contribution in [0.25, 0.3) is 0 Å². The second-order valence-electron chi connectivity index (χ2n) is 9.99. The van der Waals surface area contributed by atoms with E-state index in [4.69, 9.17) is 9.47 Å². The lowest BCUT2D eigenvalue weighted by Gasteiger charge is -2.43. The number of rotatable bonds is 2. The van der Waals surface area contributed by atoms with Gasteiger partial charge < -0.3 is 30.1 Å². The van der Waals surface area contributed by atoms with Crippen LogP contribution in [-0.4, -0.2) is 51.6 Å². The molecule has 0 spiro atoms. The van der Waals surface area contributed by atoms with Crippen LogP contribution in [0.3, 0.4) is 0 Å². The maximum atomic E-state index is 13.9. The topological polar surface area (TPSA) is 146 Å². The lowest BCUT2D eigenvalue weighted by molar-refractivity contribution is -0.134. The van der Waals surface area contributed by atoms with E-state index in [2.05, 4.69) is 29.0 Å². The van der Waals surface area contributed by atoms with Crippen LogP contribution in [0.2, 0.25) is 0 Å². The van der Waals surface area contributed by atoms with Crippen molar-refractivity contribution in [3.8, 4) is 35.2 Å². The molecule has 1 saturated heterocycles. The minimum Gasteiger partial charge on any atom is -0.507 e. The van der Waals surface area contributed by atoms with Crippen molar-refractivity contribution < 1.29 is 39.2 Å². The normalized spacial score (nSPS) is 30.2. The number of ketones is 2. The van der Waals surface area contributed by atoms with Gasteiger partial charge in [-0.2, -0.15) is 0 Å². The largest absolute Gasteiger partial charge is 0.507 e. The van der Waals surface area contributed by atoms with Gasteiger partial charge in [0, 0.05) is 17.0 Å². The maximum Gasteiger partial charge on any atom is 0.335 e. The lowest BCUT2D eigenvalue weighted by Crippen LogP contribution is -2.55. The van der Waals surface area contributed by atoms with E-state index in [-0.39, 0.29) is 45.0 Å². The number of nitrogens with one attached hydrogen (secondary N) is 1. The Morgan fingerprint density at radius 3 is 2.51 bits per heavy atom. The highest BCUT2D eigenvalue weighted by Gasteiger charge is 2.85. The molecule has 4 bridgehead atoms. The Hall–Kier alpha value is -4.99. The number of hydrogen-bond donors (Lipinski definition) is 4. The van der Waals surface area contributed by atoms with Gasteiger partial charge in [0.1, 0.15) is 40.4 Å². The van der Waals surface area contributed by atoms with Gasteiger partial charge in [-0.3, -0.25) is 9.59 Å². The van der Waals surface area contributed by atoms with Crippen LogP contribution in [0.4, 0.5) is 5.69 Å². The first-order valence-corrected chi connectivity index (χ1v) is 12.2. The Labute approximate surface area is 221 Å². The molecule has 7 rings (SSSR count). The molecule has 0 amide bonds. The quantitative estimate of drug-likeness (QED) is 0.227. The van der Waals surface area contributed by atoms with Crippen molar-refractivity contribution in [2.24, 2.45) is 11.8 Å². The number of hydrogen-bond acceptors (Lipinski definition) is 8. The monoisotopic (exact) mass is 521 g/mol. The third-order valence-corrected chi connectivity index (χ3v) is 8.43. The third-order valence-electron chi connectivity index (χ3n) is 8.43. The van der Waals surface area contributed by atoms with E-state index < -0.39 is 52.4 Å². The van der Waals surface area contributed by atoms with Crippen molar-refractivity contribution in [2.75, 3.05) is 12.4 Å². The van der Waals surface area contributed by atoms with E-state index >= 15 is 0 Å². The van der Waals surface area contributed by atoms with E-state index in [1.165, 1.54) is 37.5 Å². The number of benzene rings is 2. The molecule has 2 aromatic carbocycles. The number of carbonyl (C=O) groups excluding carboxylic acids is 2. The van der Waals surface area contributed by atoms with Crippen molar-refractivity contribution in [1.82, 2.24) is 0 Å². The average molecular weight is 521 g/mol. The number of carbonyl (C=O) groups is 3. The SMILES string of the molecule is COC1=C(C(=O)O)[C@@H](C)[C@@]23O[C@]24c2cc(O)c5c(c2N[C@H]3C#CC=CC#C[C@H]14)C(=O)c1c(O)cccc1C5=O. The van der Waals surface area contributed by atoms with Gasteiger partial charge in [-0.15, -0.1) is 0 Å². The fourth-order valence-corrected chi connectivity index (χ4v) is 6.87. The molecule has 192 valence electrons. The van der Waals surface area contributed by atoms with Gasteiger partial charge in [-0.05, 0) is 24.3 Å². The Bertz CT molecular complexity index is 1790. The summed E-state index contributed by atoms with van der Waals surface area (Å²) in [6, 6.07) is 4.72. The number of anilines is 1. The summed E-state index contributed by atoms with van der Waals surface area (Å²) in [7, 11) is 1.36. The van der Waals surface area contributed by atoms with E-state index in [1.54, 1.807) is 13.0 Å². The molecular weight excluding hydrogens is 502 g/mol. The van der Waals surface area contributed by atoms with Crippen LogP contribution in [0, 0.1) is 35.5 Å². The summed E-state index contributed by atoms with van der Waals surface area (Å²) in [6.45, 7) is 1.71. The summed E-state index contributed by atoms with van der Waals surface area (Å²) >= 11 is 0. The van der Waals surface area contributed by atoms with Gasteiger partial charge in [-0.1, -0.05) is 42.7 Å². The average Bonchev–Trinajstić information content (AvgIpc) is 3.63. The summed E-state index contributed by atoms with van der Waals surface area (Å²) in [5.74, 6) is 7.11. The second kappa shape index (κ2) is 7.31. The van der Waals surface area contributed by atoms with Gasteiger partial charge in [0.15, 0.2) is 11.6 Å². The van der Waals surface area contributed by atoms with Crippen LogP contribution in [0.15, 0.2) is 47.7 Å². The zero-order valence-electron chi connectivity index (χ0n) is 20.6. The van der Waals surface area contributed by atoms with Crippen LogP contribution in [0.1, 0.15) is 44.3 Å². The van der Waals surface area contributed by atoms with E-state index in [0.29, 0.717) is 5.56 Å². The number of carboxylic acid groups (broad SMARTS) is 1. The molecule has 2 aromatic rings. The number of carboxylic acids is 1. The standard InChI is InChI=1S/C30H19NO8/c1-13-20(28(36)37)27(38-2)15-9-5-3-4-6-11-19-29(13)30(15,39-29)16-12-18(33)22-23(24(16)31-19)26(35)21-14(25(22)34)8-7-10-17(21)32/h3-4,7-8,10,12-13,15,19,31-33H,1-2H3,(H,36,37)/t13-,15-,19+,29+,30-/m1/s1. The predicted molar refractivity (Wildman–Crippen MR) is 135 cm³/mol. The van der Waals surface area contributed by atoms with Gasteiger partial charge in [0.25, 0.3) is 0 Å². The molecule has 5 aliphatic rings. The number of methoxy groups -OCH3 is 1. The van der Waals surface area contributed by atoms with Crippen molar-refractivity contribution in [3.05, 3.63) is 75.6 Å². The first kappa shape index (κ1) is 23.2. The lowest BCUT2D eigenvalue weighted by atomic mass is 9.59. The predicted octanol–water partition coefficient (Wildman–Crippen LogP) is 2.46. The van der Waals surface area contributed by atoms with E-state index in [9.17, 15) is 29.7 Å². The fourth-order valence-electron chi connectivity index (χ4n) is 6.87. The zero-order valence-corrected chi connectivity index (χ0v) is 20.6. The molecule has 0 radical (unpaired) electrons. The number of aromatic hydroxyl groups is 2. The summed E-state index contributed by atoms with van der Waals surface area (Å²) in [4.78, 5) is 39.9. The number of ether oxygens (including phenoxy) is 2. The Kier molecular flexibility index (Phi) is 4.34. The highest BCUT2D eigenvalue weighted by atomic mass is 16.6. The van der Waals surface area contributed by atoms with Crippen LogP contribution in [0.5, 0.6) is 11.5 Å². The number of aliphatic carboxylic acids is 1. The first-order chi connectivity index (χ1) is 18.7. The van der Waals surface area contributed by atoms with Gasteiger partial charge in [0.2, 0.25) is 0 Å². The highest BCUT2D eigenvalue weighted by Crippen LogP contribution is 2.74. The Balaban J connectivity index is 1.59. The number of allylic oxidation sites excluding steroid dienone is 2. The van der Waals surface area contributed by atoms with Crippen LogP contribution in [-0.2, 0) is 19.9 Å². The van der Waals surface area contributed by atoms with Gasteiger partial charge in [-0.25, -0.2) is 4.79 Å². The van der Waals surface area contributed by atoms with E-state index in [1.807, 2.05) is 0 Å².